The number of nitrogens with two attached hydrogens (primary N) is 1. The standard InChI is InChI=1S/C11H10BrNO2S2/c1-5-3-7(17-10(5)12)8-4-6(13)9(16-8)11(14)15-2/h3-4H,13H2,1-2H3. The fourth-order valence-electron chi connectivity index (χ4n) is 1.36. The Morgan fingerprint density at radius 2 is 2.00 bits per heavy atom. The Bertz CT molecular complexity index is 555. The van der Waals surface area contributed by atoms with Crippen LogP contribution in [0.3, 0.4) is 0 Å². The van der Waals surface area contributed by atoms with Crippen LogP contribution in [0.1, 0.15) is 15.2 Å². The summed E-state index contributed by atoms with van der Waals surface area (Å²) in [5.74, 6) is -0.383. The molecule has 0 bridgehead atoms. The highest BCUT2D eigenvalue weighted by atomic mass is 79.9. The Kier molecular flexibility index (Phi) is 3.56. The van der Waals surface area contributed by atoms with Gasteiger partial charge in [-0.15, -0.1) is 22.7 Å². The summed E-state index contributed by atoms with van der Waals surface area (Å²) in [4.78, 5) is 14.0. The molecule has 2 heterocycles. The minimum Gasteiger partial charge on any atom is -0.465 e. The molecule has 2 aromatic rings. The molecule has 0 amide bonds. The topological polar surface area (TPSA) is 52.3 Å². The van der Waals surface area contributed by atoms with E-state index < -0.39 is 0 Å². The van der Waals surface area contributed by atoms with E-state index in [4.69, 9.17) is 5.73 Å². The van der Waals surface area contributed by atoms with Crippen molar-refractivity contribution >= 4 is 50.3 Å². The van der Waals surface area contributed by atoms with E-state index in [1.54, 1.807) is 11.3 Å². The lowest BCUT2D eigenvalue weighted by molar-refractivity contribution is 0.0607. The number of anilines is 1. The Labute approximate surface area is 115 Å². The summed E-state index contributed by atoms with van der Waals surface area (Å²) in [5, 5.41) is 0. The van der Waals surface area contributed by atoms with Crippen molar-refractivity contribution in [3.05, 3.63) is 26.4 Å². The quantitative estimate of drug-likeness (QED) is 0.848. The van der Waals surface area contributed by atoms with E-state index in [-0.39, 0.29) is 5.97 Å². The van der Waals surface area contributed by atoms with Crippen molar-refractivity contribution in [2.24, 2.45) is 0 Å². The number of esters is 1. The molecule has 2 N–H and O–H groups in total. The zero-order valence-corrected chi connectivity index (χ0v) is 12.5. The van der Waals surface area contributed by atoms with Crippen LogP contribution < -0.4 is 5.73 Å². The van der Waals surface area contributed by atoms with Crippen LogP contribution >= 0.6 is 38.6 Å². The first-order valence-corrected chi connectivity index (χ1v) is 7.19. The molecule has 0 saturated carbocycles. The van der Waals surface area contributed by atoms with Crippen LogP contribution in [0.4, 0.5) is 5.69 Å². The van der Waals surface area contributed by atoms with Gasteiger partial charge in [0.1, 0.15) is 4.88 Å². The second kappa shape index (κ2) is 4.80. The Morgan fingerprint density at radius 1 is 1.35 bits per heavy atom. The number of aryl methyl sites for hydroxylation is 1. The Balaban J connectivity index is 2.44. The average Bonchev–Trinajstić information content (AvgIpc) is 2.82. The van der Waals surface area contributed by atoms with Gasteiger partial charge in [-0.1, -0.05) is 0 Å². The number of methoxy groups -OCH3 is 1. The molecular formula is C11H10BrNO2S2. The molecule has 0 fully saturated rings. The first-order chi connectivity index (χ1) is 8.02. The summed E-state index contributed by atoms with van der Waals surface area (Å²) in [6, 6.07) is 3.88. The molecule has 0 spiro atoms. The number of hydrogen-bond donors (Lipinski definition) is 1. The van der Waals surface area contributed by atoms with Crippen molar-refractivity contribution in [3.63, 3.8) is 0 Å². The molecule has 0 unspecified atom stereocenters. The van der Waals surface area contributed by atoms with Gasteiger partial charge in [-0.05, 0) is 40.5 Å². The van der Waals surface area contributed by atoms with Gasteiger partial charge >= 0.3 is 5.97 Å². The molecule has 0 aliphatic carbocycles. The van der Waals surface area contributed by atoms with E-state index in [9.17, 15) is 4.79 Å². The van der Waals surface area contributed by atoms with Crippen molar-refractivity contribution in [3.8, 4) is 9.75 Å². The zero-order chi connectivity index (χ0) is 12.6. The van der Waals surface area contributed by atoms with Crippen LogP contribution in [0, 0.1) is 6.92 Å². The number of carbonyl (C=O) groups is 1. The molecule has 0 atom stereocenters. The van der Waals surface area contributed by atoms with E-state index >= 15 is 0 Å². The van der Waals surface area contributed by atoms with E-state index in [0.717, 1.165) is 13.5 Å². The summed E-state index contributed by atoms with van der Waals surface area (Å²) >= 11 is 6.47. The third-order valence-corrected chi connectivity index (χ3v) is 5.69. The SMILES string of the molecule is COC(=O)c1sc(-c2cc(C)c(Br)s2)cc1N. The summed E-state index contributed by atoms with van der Waals surface area (Å²) in [6.45, 7) is 2.03. The van der Waals surface area contributed by atoms with Gasteiger partial charge in [0.15, 0.2) is 0 Å². The van der Waals surface area contributed by atoms with Gasteiger partial charge in [-0.25, -0.2) is 4.79 Å². The molecule has 2 rings (SSSR count). The molecule has 17 heavy (non-hydrogen) atoms. The molecule has 3 nitrogen and oxygen atoms in total. The Morgan fingerprint density at radius 3 is 2.53 bits per heavy atom. The summed E-state index contributed by atoms with van der Waals surface area (Å²) in [5.41, 5.74) is 7.45. The van der Waals surface area contributed by atoms with Crippen LogP contribution in [-0.4, -0.2) is 13.1 Å². The van der Waals surface area contributed by atoms with Crippen LogP contribution in [0.5, 0.6) is 0 Å². The van der Waals surface area contributed by atoms with Gasteiger partial charge in [0.25, 0.3) is 0 Å². The monoisotopic (exact) mass is 331 g/mol. The van der Waals surface area contributed by atoms with E-state index in [2.05, 4.69) is 26.7 Å². The maximum Gasteiger partial charge on any atom is 0.350 e. The lowest BCUT2D eigenvalue weighted by atomic mass is 10.3. The fraction of sp³-hybridized carbons (Fsp3) is 0.182. The smallest absolute Gasteiger partial charge is 0.350 e. The first kappa shape index (κ1) is 12.6. The van der Waals surface area contributed by atoms with Crippen molar-refractivity contribution in [2.45, 2.75) is 6.92 Å². The van der Waals surface area contributed by atoms with Gasteiger partial charge in [0, 0.05) is 9.75 Å². The third kappa shape index (κ3) is 2.38. The summed E-state index contributed by atoms with van der Waals surface area (Å²) in [6.07, 6.45) is 0. The Hall–Kier alpha value is -0.850. The highest BCUT2D eigenvalue weighted by molar-refractivity contribution is 9.11. The average molecular weight is 332 g/mol. The largest absolute Gasteiger partial charge is 0.465 e. The molecule has 0 saturated heterocycles. The first-order valence-electron chi connectivity index (χ1n) is 4.77. The lowest BCUT2D eigenvalue weighted by Crippen LogP contribution is -2.00. The number of nitrogen functional groups attached to an aromatic ring is 1. The van der Waals surface area contributed by atoms with Gasteiger partial charge in [-0.2, -0.15) is 0 Å². The number of rotatable bonds is 2. The van der Waals surface area contributed by atoms with Crippen LogP contribution in [0.25, 0.3) is 9.75 Å². The zero-order valence-electron chi connectivity index (χ0n) is 9.24. The highest BCUT2D eigenvalue weighted by Gasteiger charge is 2.17. The number of ether oxygens (including phenoxy) is 1. The summed E-state index contributed by atoms with van der Waals surface area (Å²) < 4.78 is 5.78. The maximum absolute atomic E-state index is 11.5. The van der Waals surface area contributed by atoms with Crippen LogP contribution in [-0.2, 0) is 4.74 Å². The van der Waals surface area contributed by atoms with E-state index in [1.165, 1.54) is 24.0 Å². The van der Waals surface area contributed by atoms with Gasteiger partial charge < -0.3 is 10.5 Å². The molecule has 0 aromatic carbocycles. The van der Waals surface area contributed by atoms with Crippen molar-refractivity contribution in [1.29, 1.82) is 0 Å². The normalized spacial score (nSPS) is 10.5. The number of hydrogen-bond acceptors (Lipinski definition) is 5. The molecule has 0 aliphatic heterocycles. The van der Waals surface area contributed by atoms with Gasteiger partial charge in [-0.3, -0.25) is 0 Å². The molecule has 90 valence electrons. The van der Waals surface area contributed by atoms with Crippen molar-refractivity contribution in [1.82, 2.24) is 0 Å². The van der Waals surface area contributed by atoms with Crippen molar-refractivity contribution < 1.29 is 9.53 Å². The second-order valence-corrected chi connectivity index (χ2v) is 6.88. The van der Waals surface area contributed by atoms with Crippen molar-refractivity contribution in [2.75, 3.05) is 12.8 Å². The number of thiophene rings is 2. The highest BCUT2D eigenvalue weighted by Crippen LogP contribution is 2.40. The maximum atomic E-state index is 11.5. The van der Waals surface area contributed by atoms with Gasteiger partial charge in [0.2, 0.25) is 0 Å². The van der Waals surface area contributed by atoms with E-state index in [1.807, 2.05) is 13.0 Å². The number of halogens is 1. The predicted molar refractivity (Wildman–Crippen MR) is 75.8 cm³/mol. The molecule has 0 aliphatic rings. The minimum atomic E-state index is -0.383. The molecule has 6 heteroatoms. The molecule has 0 radical (unpaired) electrons. The minimum absolute atomic E-state index is 0.383. The van der Waals surface area contributed by atoms with Crippen LogP contribution in [0.2, 0.25) is 0 Å². The number of carbonyl (C=O) groups excluding carboxylic acids is 1. The van der Waals surface area contributed by atoms with Gasteiger partial charge in [0.05, 0.1) is 16.6 Å². The molecular weight excluding hydrogens is 322 g/mol. The lowest BCUT2D eigenvalue weighted by Gasteiger charge is -1.94. The second-order valence-electron chi connectivity index (χ2n) is 3.45. The molecule has 2 aromatic heterocycles. The summed E-state index contributed by atoms with van der Waals surface area (Å²) in [7, 11) is 1.35. The fourth-order valence-corrected chi connectivity index (χ4v) is 3.96. The predicted octanol–water partition coefficient (Wildman–Crippen LogP) is 3.92. The van der Waals surface area contributed by atoms with Crippen LogP contribution in [0.15, 0.2) is 15.9 Å². The third-order valence-electron chi connectivity index (χ3n) is 2.23. The van der Waals surface area contributed by atoms with E-state index in [0.29, 0.717) is 10.6 Å².